The minimum absolute atomic E-state index is 0.163. The molecule has 0 saturated carbocycles. The third-order valence-electron chi connectivity index (χ3n) is 3.96. The summed E-state index contributed by atoms with van der Waals surface area (Å²) >= 11 is 0. The van der Waals surface area contributed by atoms with E-state index in [1.807, 2.05) is 55.5 Å². The highest BCUT2D eigenvalue weighted by molar-refractivity contribution is 5.73. The number of rotatable bonds is 5. The zero-order valence-corrected chi connectivity index (χ0v) is 15.9. The Kier molecular flexibility index (Phi) is 8.47. The molecule has 27 heavy (non-hydrogen) atoms. The molecule has 1 aromatic carbocycles. The van der Waals surface area contributed by atoms with Crippen LogP contribution in [0.1, 0.15) is 29.3 Å². The molecule has 0 atom stereocenters. The second kappa shape index (κ2) is 10.6. The van der Waals surface area contributed by atoms with Gasteiger partial charge in [-0.1, -0.05) is 43.0 Å². The van der Waals surface area contributed by atoms with Crippen molar-refractivity contribution in [1.29, 1.82) is 5.26 Å². The predicted octanol–water partition coefficient (Wildman–Crippen LogP) is 4.09. The summed E-state index contributed by atoms with van der Waals surface area (Å²) in [4.78, 5) is 12.9. The molecule has 5 heteroatoms. The quantitative estimate of drug-likeness (QED) is 0.811. The minimum atomic E-state index is -0.300. The van der Waals surface area contributed by atoms with Gasteiger partial charge in [-0.05, 0) is 48.8 Å². The highest BCUT2D eigenvalue weighted by Gasteiger charge is 2.14. The van der Waals surface area contributed by atoms with Crippen molar-refractivity contribution in [1.82, 2.24) is 4.57 Å². The number of aromatic nitrogens is 1. The lowest BCUT2D eigenvalue weighted by molar-refractivity contribution is 0.636. The molecule has 0 fully saturated rings. The topological polar surface area (TPSA) is 71.8 Å². The molecule has 2 aromatic rings. The Morgan fingerprint density at radius 1 is 1.33 bits per heavy atom. The molecule has 0 amide bonds. The Balaban J connectivity index is 0.00000176. The third-order valence-corrected chi connectivity index (χ3v) is 3.96. The molecule has 0 radical (unpaired) electrons. The zero-order chi connectivity index (χ0) is 20.4. The van der Waals surface area contributed by atoms with E-state index < -0.39 is 0 Å². The van der Waals surface area contributed by atoms with Gasteiger partial charge in [0.2, 0.25) is 0 Å². The first-order chi connectivity index (χ1) is 13.0. The van der Waals surface area contributed by atoms with Gasteiger partial charge >= 0.3 is 0 Å². The van der Waals surface area contributed by atoms with Gasteiger partial charge in [-0.2, -0.15) is 5.26 Å². The molecular formula is C22H24FN3O. The average Bonchev–Trinajstić information content (AvgIpc) is 2.70. The fraction of sp³-hybridized carbons (Fsp3) is 0.182. The second-order valence-corrected chi connectivity index (χ2v) is 5.67. The van der Waals surface area contributed by atoms with Gasteiger partial charge in [0.1, 0.15) is 11.6 Å². The maximum atomic E-state index is 12.9. The van der Waals surface area contributed by atoms with Crippen molar-refractivity contribution in [3.8, 4) is 6.07 Å². The third kappa shape index (κ3) is 5.29. The maximum Gasteiger partial charge on any atom is 0.269 e. The van der Waals surface area contributed by atoms with Crippen LogP contribution in [-0.2, 0) is 6.54 Å². The van der Waals surface area contributed by atoms with Gasteiger partial charge in [0.05, 0.1) is 19.4 Å². The van der Waals surface area contributed by atoms with E-state index in [2.05, 4.69) is 6.58 Å². The van der Waals surface area contributed by atoms with Crippen molar-refractivity contribution >= 4 is 5.57 Å². The number of nitriles is 1. The van der Waals surface area contributed by atoms with E-state index >= 15 is 0 Å². The molecule has 0 spiro atoms. The van der Waals surface area contributed by atoms with E-state index in [9.17, 15) is 14.4 Å². The van der Waals surface area contributed by atoms with Crippen molar-refractivity contribution < 1.29 is 4.39 Å². The summed E-state index contributed by atoms with van der Waals surface area (Å²) in [6.07, 6.45) is 5.21. The van der Waals surface area contributed by atoms with Gasteiger partial charge in [-0.3, -0.25) is 9.18 Å². The minimum Gasteiger partial charge on any atom is -0.399 e. The first-order valence-electron chi connectivity index (χ1n) is 8.34. The lowest BCUT2D eigenvalue weighted by atomic mass is 10.0. The van der Waals surface area contributed by atoms with Gasteiger partial charge in [0.25, 0.3) is 5.56 Å². The van der Waals surface area contributed by atoms with Gasteiger partial charge in [0, 0.05) is 5.70 Å². The summed E-state index contributed by atoms with van der Waals surface area (Å²) < 4.78 is 11.1. The highest BCUT2D eigenvalue weighted by atomic mass is 19.1. The summed E-state index contributed by atoms with van der Waals surface area (Å²) in [6.45, 7) is 7.69. The number of aryl methyl sites for hydroxylation is 1. The number of benzene rings is 1. The van der Waals surface area contributed by atoms with E-state index in [4.69, 9.17) is 5.73 Å². The van der Waals surface area contributed by atoms with Crippen molar-refractivity contribution in [3.63, 3.8) is 0 Å². The Morgan fingerprint density at radius 2 is 1.96 bits per heavy atom. The Hall–Kier alpha value is -3.39. The summed E-state index contributed by atoms with van der Waals surface area (Å²) in [6, 6.07) is 13.5. The number of nitrogens with two attached hydrogens (primary N) is 1. The van der Waals surface area contributed by atoms with Crippen molar-refractivity contribution in [2.24, 2.45) is 5.73 Å². The number of allylic oxidation sites excluding steroid dienone is 4. The summed E-state index contributed by atoms with van der Waals surface area (Å²) in [5.74, 6) is 0. The first kappa shape index (κ1) is 21.7. The van der Waals surface area contributed by atoms with Gasteiger partial charge < -0.3 is 10.3 Å². The average molecular weight is 365 g/mol. The molecule has 2 N–H and O–H groups in total. The number of hydrogen-bond donors (Lipinski definition) is 1. The fourth-order valence-corrected chi connectivity index (χ4v) is 2.61. The predicted molar refractivity (Wildman–Crippen MR) is 109 cm³/mol. The molecular weight excluding hydrogens is 341 g/mol. The number of hydrogen-bond acceptors (Lipinski definition) is 3. The van der Waals surface area contributed by atoms with Crippen LogP contribution in [0.4, 0.5) is 4.39 Å². The molecule has 1 aromatic heterocycles. The van der Waals surface area contributed by atoms with Gasteiger partial charge in [-0.25, -0.2) is 0 Å². The molecule has 0 aliphatic heterocycles. The largest absolute Gasteiger partial charge is 0.399 e. The van der Waals surface area contributed by atoms with Gasteiger partial charge in [-0.15, -0.1) is 0 Å². The number of halogens is 1. The lowest BCUT2D eigenvalue weighted by Gasteiger charge is -2.16. The van der Waals surface area contributed by atoms with E-state index in [0.717, 1.165) is 16.8 Å². The monoisotopic (exact) mass is 365 g/mol. The molecule has 0 bridgehead atoms. The Bertz CT molecular complexity index is 948. The summed E-state index contributed by atoms with van der Waals surface area (Å²) in [5.41, 5.74) is 9.41. The molecule has 4 nitrogen and oxygen atoms in total. The smallest absolute Gasteiger partial charge is 0.269 e. The van der Waals surface area contributed by atoms with Crippen LogP contribution in [0.2, 0.25) is 0 Å². The van der Waals surface area contributed by atoms with Crippen LogP contribution in [0.3, 0.4) is 0 Å². The molecule has 0 aliphatic carbocycles. The number of alkyl halides is 1. The lowest BCUT2D eigenvalue weighted by Crippen LogP contribution is -2.27. The van der Waals surface area contributed by atoms with Crippen LogP contribution >= 0.6 is 0 Å². The highest BCUT2D eigenvalue weighted by Crippen LogP contribution is 2.20. The molecule has 2 rings (SSSR count). The van der Waals surface area contributed by atoms with Crippen LogP contribution in [0.5, 0.6) is 0 Å². The Labute approximate surface area is 159 Å². The standard InChI is InChI=1S/C21H21N3O.CH3F/c1-4-17(12-18(23)5-2)20-11-15(3)19(13-22)21(25)24(20)14-16-9-7-6-8-10-16;1-2/h4-12H,2,14,23H2,1,3H3;1H3/b17-4+,18-12+;. The van der Waals surface area contributed by atoms with Crippen LogP contribution in [0, 0.1) is 18.3 Å². The SMILES string of the molecule is C=C/C(N)=C\C(=C/C)c1cc(C)c(C#N)c(=O)n1Cc1ccccc1.CF. The van der Waals surface area contributed by atoms with Gasteiger partial charge in [0.15, 0.2) is 0 Å². The summed E-state index contributed by atoms with van der Waals surface area (Å²) in [7, 11) is 0.500. The number of nitrogens with zero attached hydrogens (tertiary/aromatic N) is 2. The van der Waals surface area contributed by atoms with E-state index in [-0.39, 0.29) is 11.1 Å². The van der Waals surface area contributed by atoms with Crippen LogP contribution in [-0.4, -0.2) is 11.7 Å². The molecule has 0 saturated heterocycles. The number of pyridine rings is 1. The summed E-state index contributed by atoms with van der Waals surface area (Å²) in [5, 5.41) is 9.34. The van der Waals surface area contributed by atoms with Crippen LogP contribution in [0.15, 0.2) is 71.7 Å². The Morgan fingerprint density at radius 3 is 2.48 bits per heavy atom. The molecule has 1 heterocycles. The van der Waals surface area contributed by atoms with Crippen molar-refractivity contribution in [2.75, 3.05) is 7.18 Å². The molecule has 0 unspecified atom stereocenters. The van der Waals surface area contributed by atoms with Crippen LogP contribution in [0.25, 0.3) is 5.57 Å². The van der Waals surface area contributed by atoms with E-state index in [1.54, 1.807) is 23.6 Å². The van der Waals surface area contributed by atoms with E-state index in [1.165, 1.54) is 0 Å². The maximum absolute atomic E-state index is 12.9. The first-order valence-corrected chi connectivity index (χ1v) is 8.34. The molecule has 140 valence electrons. The second-order valence-electron chi connectivity index (χ2n) is 5.67. The van der Waals surface area contributed by atoms with E-state index in [0.29, 0.717) is 25.0 Å². The van der Waals surface area contributed by atoms with Crippen LogP contribution < -0.4 is 11.3 Å². The fourth-order valence-electron chi connectivity index (χ4n) is 2.61. The van der Waals surface area contributed by atoms with Crippen molar-refractivity contribution in [3.05, 3.63) is 99.6 Å². The molecule has 0 aliphatic rings. The van der Waals surface area contributed by atoms with Crippen molar-refractivity contribution in [2.45, 2.75) is 20.4 Å². The normalized spacial score (nSPS) is 11.2. The zero-order valence-electron chi connectivity index (χ0n) is 15.9.